The number of carbonyl (C=O) groups is 1. The molecule has 0 bridgehead atoms. The van der Waals surface area contributed by atoms with Crippen molar-refractivity contribution in [1.29, 1.82) is 0 Å². The van der Waals surface area contributed by atoms with Gasteiger partial charge in [0.2, 0.25) is 0 Å². The second-order valence-electron chi connectivity index (χ2n) is 4.38. The molecule has 0 N–H and O–H groups in total. The third-order valence-corrected chi connectivity index (χ3v) is 3.20. The normalized spacial score (nSPS) is 18.7. The van der Waals surface area contributed by atoms with E-state index < -0.39 is 0 Å². The first-order valence-electron chi connectivity index (χ1n) is 6.25. The number of halogens is 1. The molecule has 0 fully saturated rings. The third-order valence-electron chi connectivity index (χ3n) is 2.95. The molecule has 1 aliphatic rings. The first-order chi connectivity index (χ1) is 9.11. The summed E-state index contributed by atoms with van der Waals surface area (Å²) in [6, 6.07) is 10.2. The molecule has 0 aliphatic carbocycles. The third kappa shape index (κ3) is 3.15. The molecule has 0 spiro atoms. The molecule has 1 aromatic rings. The van der Waals surface area contributed by atoms with E-state index in [-0.39, 0.29) is 18.2 Å². The molecule has 0 radical (unpaired) electrons. The van der Waals surface area contributed by atoms with E-state index in [0.29, 0.717) is 5.02 Å². The summed E-state index contributed by atoms with van der Waals surface area (Å²) >= 11 is 5.87. The molecule has 0 aromatic heterocycles. The van der Waals surface area contributed by atoms with Crippen LogP contribution in [0.1, 0.15) is 25.8 Å². The summed E-state index contributed by atoms with van der Waals surface area (Å²) in [4.78, 5) is 12.0. The van der Waals surface area contributed by atoms with Crippen molar-refractivity contribution in [1.82, 2.24) is 5.01 Å². The van der Waals surface area contributed by atoms with Crippen molar-refractivity contribution in [3.05, 3.63) is 34.9 Å². The fourth-order valence-corrected chi connectivity index (χ4v) is 1.98. The van der Waals surface area contributed by atoms with Gasteiger partial charge in [-0.1, -0.05) is 36.6 Å². The van der Waals surface area contributed by atoms with Crippen molar-refractivity contribution in [2.24, 2.45) is 11.0 Å². The Morgan fingerprint density at radius 2 is 2.11 bits per heavy atom. The number of carbonyl (C=O) groups excluding carboxylic acids is 1. The second kappa shape index (κ2) is 5.90. The lowest BCUT2D eigenvalue weighted by Crippen LogP contribution is -2.37. The highest BCUT2D eigenvalue weighted by Crippen LogP contribution is 2.19. The summed E-state index contributed by atoms with van der Waals surface area (Å²) in [7, 11) is 0. The Kier molecular flexibility index (Phi) is 4.24. The van der Waals surface area contributed by atoms with Crippen LogP contribution in [0.4, 0.5) is 0 Å². The van der Waals surface area contributed by atoms with E-state index in [1.165, 1.54) is 5.01 Å². The van der Waals surface area contributed by atoms with E-state index in [4.69, 9.17) is 11.6 Å². The highest BCUT2D eigenvalue weighted by Gasteiger charge is 2.27. The number of benzene rings is 1. The van der Waals surface area contributed by atoms with Crippen LogP contribution >= 0.6 is 11.6 Å². The minimum atomic E-state index is -0.208. The predicted molar refractivity (Wildman–Crippen MR) is 76.9 cm³/mol. The smallest absolute Gasteiger partial charge is 0.163 e. The highest BCUT2D eigenvalue weighted by atomic mass is 35.5. The zero-order valence-corrected chi connectivity index (χ0v) is 11.7. The zero-order chi connectivity index (χ0) is 13.8. The minimum absolute atomic E-state index is 0.130. The lowest BCUT2D eigenvalue weighted by Gasteiger charge is -2.24. The minimum Gasteiger partial charge on any atom is -0.297 e. The van der Waals surface area contributed by atoms with Gasteiger partial charge in [-0.15, -0.1) is 0 Å². The van der Waals surface area contributed by atoms with Crippen molar-refractivity contribution in [3.63, 3.8) is 0 Å². The lowest BCUT2D eigenvalue weighted by atomic mass is 9.93. The maximum absolute atomic E-state index is 12.0. The molecule has 4 heteroatoms. The van der Waals surface area contributed by atoms with Gasteiger partial charge in [-0.25, -0.2) is 5.01 Å². The van der Waals surface area contributed by atoms with Crippen molar-refractivity contribution in [2.45, 2.75) is 20.3 Å². The van der Waals surface area contributed by atoms with Gasteiger partial charge in [0, 0.05) is 17.5 Å². The van der Waals surface area contributed by atoms with Crippen molar-refractivity contribution >= 4 is 23.1 Å². The van der Waals surface area contributed by atoms with Gasteiger partial charge in [-0.3, -0.25) is 4.79 Å². The summed E-state index contributed by atoms with van der Waals surface area (Å²) in [5.74, 6) is 2.85. The number of hydrazone groups is 1. The van der Waals surface area contributed by atoms with E-state index in [1.807, 2.05) is 26.0 Å². The quantitative estimate of drug-likeness (QED) is 0.738. The summed E-state index contributed by atoms with van der Waals surface area (Å²) < 4.78 is 0. The second-order valence-corrected chi connectivity index (χ2v) is 4.82. The monoisotopic (exact) mass is 274 g/mol. The maximum Gasteiger partial charge on any atom is 0.163 e. The van der Waals surface area contributed by atoms with Gasteiger partial charge in [0.15, 0.2) is 5.78 Å². The molecule has 0 saturated carbocycles. The zero-order valence-electron chi connectivity index (χ0n) is 11.0. The summed E-state index contributed by atoms with van der Waals surface area (Å²) in [5, 5.41) is 6.66. The van der Waals surface area contributed by atoms with Gasteiger partial charge in [0.1, 0.15) is 6.54 Å². The van der Waals surface area contributed by atoms with Crippen LogP contribution in [0, 0.1) is 17.9 Å². The molecule has 1 atom stereocenters. The molecule has 0 saturated heterocycles. The number of hydrogen-bond donors (Lipinski definition) is 0. The first kappa shape index (κ1) is 13.6. The Morgan fingerprint density at radius 3 is 2.74 bits per heavy atom. The number of rotatable bonds is 1. The number of nitrogens with zero attached hydrogens (tertiary/aromatic N) is 2. The van der Waals surface area contributed by atoms with E-state index in [9.17, 15) is 4.79 Å². The van der Waals surface area contributed by atoms with E-state index in [1.54, 1.807) is 12.1 Å². The SMILES string of the molecule is CCC#CN1CC(=O)C(C)C(c2ccc(Cl)cc2)=N1. The predicted octanol–water partition coefficient (Wildman–Crippen LogP) is 2.94. The van der Waals surface area contributed by atoms with Gasteiger partial charge in [-0.05, 0) is 24.6 Å². The van der Waals surface area contributed by atoms with E-state index in [0.717, 1.165) is 17.7 Å². The lowest BCUT2D eigenvalue weighted by molar-refractivity contribution is -0.121. The summed E-state index contributed by atoms with van der Waals surface area (Å²) in [6.45, 7) is 4.09. The van der Waals surface area contributed by atoms with Crippen LogP contribution in [0.5, 0.6) is 0 Å². The highest BCUT2D eigenvalue weighted by molar-refractivity contribution is 6.30. The van der Waals surface area contributed by atoms with Gasteiger partial charge >= 0.3 is 0 Å². The number of ketones is 1. The Balaban J connectivity index is 2.36. The van der Waals surface area contributed by atoms with E-state index in [2.05, 4.69) is 17.1 Å². The van der Waals surface area contributed by atoms with Gasteiger partial charge in [0.05, 0.1) is 11.6 Å². The summed E-state index contributed by atoms with van der Waals surface area (Å²) in [5.41, 5.74) is 1.66. The molecule has 1 unspecified atom stereocenters. The fourth-order valence-electron chi connectivity index (χ4n) is 1.85. The van der Waals surface area contributed by atoms with Crippen LogP contribution in [0.25, 0.3) is 0 Å². The fraction of sp³-hybridized carbons (Fsp3) is 0.333. The van der Waals surface area contributed by atoms with Gasteiger partial charge < -0.3 is 0 Å². The Labute approximate surface area is 118 Å². The molecule has 1 aliphatic heterocycles. The topological polar surface area (TPSA) is 32.7 Å². The Bertz CT molecular complexity index is 566. The Hall–Kier alpha value is -1.79. The van der Waals surface area contributed by atoms with Crippen LogP contribution in [-0.2, 0) is 4.79 Å². The number of Topliss-reactive ketones (excluding diaryl/α,β-unsaturated/α-hetero) is 1. The average molecular weight is 275 g/mol. The molecule has 1 heterocycles. The van der Waals surface area contributed by atoms with Gasteiger partial charge in [-0.2, -0.15) is 5.10 Å². The van der Waals surface area contributed by atoms with E-state index >= 15 is 0 Å². The molecule has 3 nitrogen and oxygen atoms in total. The van der Waals surface area contributed by atoms with Crippen molar-refractivity contribution < 1.29 is 4.79 Å². The van der Waals surface area contributed by atoms with Crippen LogP contribution < -0.4 is 0 Å². The molecule has 2 rings (SSSR count). The van der Waals surface area contributed by atoms with Crippen LogP contribution in [0.2, 0.25) is 5.02 Å². The van der Waals surface area contributed by atoms with Crippen LogP contribution in [0.3, 0.4) is 0 Å². The molecule has 0 amide bonds. The molecular weight excluding hydrogens is 260 g/mol. The molecular formula is C15H15ClN2O. The largest absolute Gasteiger partial charge is 0.297 e. The van der Waals surface area contributed by atoms with Crippen LogP contribution in [-0.4, -0.2) is 23.0 Å². The van der Waals surface area contributed by atoms with Crippen molar-refractivity contribution in [2.75, 3.05) is 6.54 Å². The first-order valence-corrected chi connectivity index (χ1v) is 6.62. The van der Waals surface area contributed by atoms with Crippen molar-refractivity contribution in [3.8, 4) is 12.0 Å². The van der Waals surface area contributed by atoms with Crippen LogP contribution in [0.15, 0.2) is 29.4 Å². The molecule has 19 heavy (non-hydrogen) atoms. The standard InChI is InChI=1S/C15H15ClN2O/c1-3-4-9-18-10-14(19)11(2)15(17-18)12-5-7-13(16)8-6-12/h5-8,11H,3,10H2,1-2H3. The molecule has 98 valence electrons. The average Bonchev–Trinajstić information content (AvgIpc) is 2.41. The van der Waals surface area contributed by atoms with Gasteiger partial charge in [0.25, 0.3) is 0 Å². The maximum atomic E-state index is 12.0. The number of hydrogen-bond acceptors (Lipinski definition) is 3. The summed E-state index contributed by atoms with van der Waals surface area (Å²) in [6.07, 6.45) is 0.742. The Morgan fingerprint density at radius 1 is 1.42 bits per heavy atom. The molecule has 1 aromatic carbocycles.